The van der Waals surface area contributed by atoms with Gasteiger partial charge < -0.3 is 13.9 Å². The van der Waals surface area contributed by atoms with E-state index in [1.807, 2.05) is 0 Å². The van der Waals surface area contributed by atoms with Gasteiger partial charge in [-0.05, 0) is 62.1 Å². The summed E-state index contributed by atoms with van der Waals surface area (Å²) in [6, 6.07) is 6.93. The molecule has 0 spiro atoms. The number of hydrogen-bond donors (Lipinski definition) is 0. The van der Waals surface area contributed by atoms with Gasteiger partial charge in [-0.1, -0.05) is 32.9 Å². The first-order chi connectivity index (χ1) is 10.4. The van der Waals surface area contributed by atoms with E-state index in [2.05, 4.69) is 65.7 Å². The Balaban J connectivity index is 2.86. The number of ether oxygens (including phenoxy) is 2. The maximum Gasteiger partial charge on any atom is 0.341 e. The Morgan fingerprint density at radius 3 is 2.26 bits per heavy atom. The van der Waals surface area contributed by atoms with E-state index in [0.29, 0.717) is 17.9 Å². The molecule has 0 radical (unpaired) electrons. The Bertz CT molecular complexity index is 553. The Morgan fingerprint density at radius 2 is 1.74 bits per heavy atom. The molecule has 130 valence electrons. The lowest BCUT2D eigenvalue weighted by atomic mass is 10.2. The molecule has 0 aliphatic heterocycles. The first-order valence-corrected chi connectivity index (χ1v) is 11.8. The predicted octanol–water partition coefficient (Wildman–Crippen LogP) is 5.32. The lowest BCUT2D eigenvalue weighted by molar-refractivity contribution is 0.0593. The van der Waals surface area contributed by atoms with Crippen LogP contribution in [-0.2, 0) is 9.16 Å². The topological polar surface area (TPSA) is 44.8 Å². The Labute approximate surface area is 156 Å². The minimum absolute atomic E-state index is 0.104. The van der Waals surface area contributed by atoms with Crippen LogP contribution in [0.1, 0.15) is 31.1 Å². The van der Waals surface area contributed by atoms with Gasteiger partial charge in [0.1, 0.15) is 11.3 Å². The molecule has 0 atom stereocenters. The van der Waals surface area contributed by atoms with Crippen molar-refractivity contribution in [2.75, 3.05) is 13.7 Å². The number of alkyl halides is 2. The summed E-state index contributed by atoms with van der Waals surface area (Å²) in [6.45, 7) is 11.2. The number of benzene rings is 1. The molecule has 0 fully saturated rings. The second-order valence-corrected chi connectivity index (χ2v) is 15.2. The van der Waals surface area contributed by atoms with E-state index in [9.17, 15) is 4.79 Å². The highest BCUT2D eigenvalue weighted by atomic mass is 79.9. The highest BCUT2D eigenvalue weighted by Gasteiger charge is 2.40. The zero-order valence-corrected chi connectivity index (χ0v) is 18.6. The predicted molar refractivity (Wildman–Crippen MR) is 102 cm³/mol. The number of halogens is 2. The largest absolute Gasteiger partial charge is 0.465 e. The molecule has 0 aliphatic rings. The number of methoxy groups -OCH3 is 1. The zero-order chi connectivity index (χ0) is 17.9. The third kappa shape index (κ3) is 5.88. The number of esters is 1. The average molecular weight is 468 g/mol. The van der Waals surface area contributed by atoms with Gasteiger partial charge in [-0.15, -0.1) is 0 Å². The monoisotopic (exact) mass is 466 g/mol. The molecule has 0 heterocycles. The van der Waals surface area contributed by atoms with Crippen LogP contribution in [0, 0.1) is 0 Å². The van der Waals surface area contributed by atoms with Crippen molar-refractivity contribution in [2.45, 2.75) is 42.3 Å². The van der Waals surface area contributed by atoms with E-state index in [1.165, 1.54) is 7.11 Å². The summed E-state index contributed by atoms with van der Waals surface area (Å²) < 4.78 is 15.9. The van der Waals surface area contributed by atoms with E-state index in [4.69, 9.17) is 13.9 Å². The summed E-state index contributed by atoms with van der Waals surface area (Å²) in [5.41, 5.74) is 0.366. The first kappa shape index (κ1) is 20.7. The van der Waals surface area contributed by atoms with E-state index in [-0.39, 0.29) is 5.04 Å². The lowest BCUT2D eigenvalue weighted by Gasteiger charge is -2.38. The molecule has 1 aromatic carbocycles. The molecule has 23 heavy (non-hydrogen) atoms. The van der Waals surface area contributed by atoms with Crippen molar-refractivity contribution < 1.29 is 18.7 Å². The van der Waals surface area contributed by atoms with Crippen LogP contribution >= 0.6 is 31.9 Å². The van der Waals surface area contributed by atoms with Crippen molar-refractivity contribution >= 4 is 46.1 Å². The van der Waals surface area contributed by atoms with Crippen LogP contribution in [0.25, 0.3) is 0 Å². The first-order valence-electron chi connectivity index (χ1n) is 7.28. The fraction of sp³-hybridized carbons (Fsp3) is 0.562. The number of carbonyl (C=O) groups excluding carboxylic acids is 1. The minimum Gasteiger partial charge on any atom is -0.465 e. The fourth-order valence-electron chi connectivity index (χ4n) is 1.51. The van der Waals surface area contributed by atoms with Gasteiger partial charge in [0.05, 0.1) is 13.7 Å². The van der Waals surface area contributed by atoms with Crippen LogP contribution in [0.3, 0.4) is 0 Å². The quantitative estimate of drug-likeness (QED) is 0.322. The van der Waals surface area contributed by atoms with Crippen molar-refractivity contribution in [1.82, 2.24) is 0 Å². The molecule has 0 saturated heterocycles. The smallest absolute Gasteiger partial charge is 0.341 e. The molecule has 7 heteroatoms. The summed E-state index contributed by atoms with van der Waals surface area (Å²) >= 11 is 6.97. The van der Waals surface area contributed by atoms with Crippen molar-refractivity contribution in [1.29, 1.82) is 0 Å². The van der Waals surface area contributed by atoms with Gasteiger partial charge in [0, 0.05) is 0 Å². The fourth-order valence-corrected chi connectivity index (χ4v) is 3.50. The number of hydrogen-bond acceptors (Lipinski definition) is 4. The number of carbonyl (C=O) groups is 1. The van der Waals surface area contributed by atoms with E-state index < -0.39 is 17.7 Å². The van der Waals surface area contributed by atoms with Gasteiger partial charge in [0.2, 0.25) is 3.42 Å². The van der Waals surface area contributed by atoms with Crippen LogP contribution in [0.15, 0.2) is 24.3 Å². The molecule has 0 aromatic heterocycles. The molecule has 0 N–H and O–H groups in total. The van der Waals surface area contributed by atoms with Crippen molar-refractivity contribution in [3.05, 3.63) is 29.8 Å². The van der Waals surface area contributed by atoms with Gasteiger partial charge in [0.25, 0.3) is 0 Å². The molecule has 0 unspecified atom stereocenters. The molecular weight excluding hydrogens is 444 g/mol. The normalized spacial score (nSPS) is 12.9. The number of rotatable bonds is 6. The lowest BCUT2D eigenvalue weighted by Crippen LogP contribution is -2.44. The van der Waals surface area contributed by atoms with Gasteiger partial charge >= 0.3 is 5.97 Å². The van der Waals surface area contributed by atoms with E-state index in [1.54, 1.807) is 24.3 Å². The third-order valence-corrected chi connectivity index (χ3v) is 9.22. The maximum atomic E-state index is 11.8. The van der Waals surface area contributed by atoms with Gasteiger partial charge in [-0.25, -0.2) is 4.79 Å². The van der Waals surface area contributed by atoms with Crippen LogP contribution in [0.2, 0.25) is 18.1 Å². The molecule has 1 rings (SSSR count). The summed E-state index contributed by atoms with van der Waals surface area (Å²) in [6.07, 6.45) is 0. The molecule has 0 amide bonds. The van der Waals surface area contributed by atoms with Gasteiger partial charge in [-0.3, -0.25) is 0 Å². The molecule has 1 aromatic rings. The summed E-state index contributed by atoms with van der Waals surface area (Å²) in [7, 11) is -0.563. The Morgan fingerprint density at radius 1 is 1.17 bits per heavy atom. The van der Waals surface area contributed by atoms with Gasteiger partial charge in [0.15, 0.2) is 8.32 Å². The van der Waals surface area contributed by atoms with Crippen molar-refractivity contribution in [2.24, 2.45) is 0 Å². The maximum absolute atomic E-state index is 11.8. The molecular formula is C16H24Br2O4Si. The second kappa shape index (κ2) is 7.67. The van der Waals surface area contributed by atoms with Crippen LogP contribution in [-0.4, -0.2) is 31.4 Å². The second-order valence-electron chi connectivity index (χ2n) is 6.78. The molecule has 0 saturated carbocycles. The zero-order valence-electron chi connectivity index (χ0n) is 14.4. The summed E-state index contributed by atoms with van der Waals surface area (Å²) in [4.78, 5) is 11.8. The highest BCUT2D eigenvalue weighted by Crippen LogP contribution is 2.39. The van der Waals surface area contributed by atoms with E-state index >= 15 is 0 Å². The SMILES string of the molecule is COC(=O)c1ccccc1OC(Br)(Br)CO[Si](C)(C)C(C)(C)C. The van der Waals surface area contributed by atoms with Crippen LogP contribution in [0.5, 0.6) is 5.75 Å². The third-order valence-electron chi connectivity index (χ3n) is 3.96. The van der Waals surface area contributed by atoms with Crippen LogP contribution in [0.4, 0.5) is 0 Å². The Hall–Kier alpha value is -0.373. The molecule has 0 bridgehead atoms. The number of para-hydroxylation sites is 1. The molecule has 0 aliphatic carbocycles. The Kier molecular flexibility index (Phi) is 6.90. The van der Waals surface area contributed by atoms with E-state index in [0.717, 1.165) is 0 Å². The van der Waals surface area contributed by atoms with Crippen LogP contribution < -0.4 is 4.74 Å². The average Bonchev–Trinajstić information content (AvgIpc) is 2.43. The molecule has 4 nitrogen and oxygen atoms in total. The minimum atomic E-state index is -1.91. The summed E-state index contributed by atoms with van der Waals surface area (Å²) in [5, 5.41) is 0.104. The standard InChI is InChI=1S/C16H24Br2O4Si/c1-15(2,3)23(5,6)21-11-16(17,18)22-13-10-8-7-9-12(13)14(19)20-4/h7-10H,11H2,1-6H3. The highest BCUT2D eigenvalue weighted by molar-refractivity contribution is 9.25. The summed E-state index contributed by atoms with van der Waals surface area (Å²) in [5.74, 6) is -0.0198. The van der Waals surface area contributed by atoms with Gasteiger partial charge in [-0.2, -0.15) is 0 Å². The van der Waals surface area contributed by atoms with Crippen molar-refractivity contribution in [3.63, 3.8) is 0 Å². The van der Waals surface area contributed by atoms with Crippen molar-refractivity contribution in [3.8, 4) is 5.75 Å².